The summed E-state index contributed by atoms with van der Waals surface area (Å²) in [4.78, 5) is 0. The molecule has 33 heavy (non-hydrogen) atoms. The van der Waals surface area contributed by atoms with Gasteiger partial charge in [-0.15, -0.1) is 0 Å². The zero-order chi connectivity index (χ0) is 23.9. The van der Waals surface area contributed by atoms with Crippen molar-refractivity contribution in [3.63, 3.8) is 0 Å². The van der Waals surface area contributed by atoms with Crippen LogP contribution in [0.25, 0.3) is 0 Å². The monoisotopic (exact) mass is 466 g/mol. The largest absolute Gasteiger partial charge is 0.317 e. The molecule has 0 aromatic rings. The third-order valence-electron chi connectivity index (χ3n) is 7.41. The first-order valence-electron chi connectivity index (χ1n) is 16.1. The van der Waals surface area contributed by atoms with Gasteiger partial charge in [0, 0.05) is 0 Å². The van der Waals surface area contributed by atoms with E-state index in [1.54, 1.807) is 0 Å². The first-order chi connectivity index (χ1) is 16.4. The second-order valence-electron chi connectivity index (χ2n) is 10.9. The molecule has 0 aliphatic carbocycles. The van der Waals surface area contributed by atoms with Crippen LogP contribution in [0.4, 0.5) is 0 Å². The van der Waals surface area contributed by atoms with Crippen LogP contribution in [0.15, 0.2) is 0 Å². The van der Waals surface area contributed by atoms with E-state index in [1.807, 2.05) is 0 Å². The predicted molar refractivity (Wildman–Crippen MR) is 153 cm³/mol. The van der Waals surface area contributed by atoms with Crippen LogP contribution in [0.5, 0.6) is 0 Å². The van der Waals surface area contributed by atoms with Crippen molar-refractivity contribution in [2.24, 2.45) is 0 Å². The van der Waals surface area contributed by atoms with E-state index in [-0.39, 0.29) is 0 Å². The van der Waals surface area contributed by atoms with Crippen molar-refractivity contribution in [2.45, 2.75) is 194 Å². The van der Waals surface area contributed by atoms with Gasteiger partial charge >= 0.3 is 0 Å². The van der Waals surface area contributed by atoms with Crippen molar-refractivity contribution in [2.75, 3.05) is 13.1 Å². The Labute approximate surface area is 212 Å². The molecule has 0 unspecified atom stereocenters. The van der Waals surface area contributed by atoms with Crippen LogP contribution in [0.1, 0.15) is 194 Å². The Hall–Kier alpha value is -0.0400. The highest BCUT2D eigenvalue weighted by Crippen LogP contribution is 2.14. The van der Waals surface area contributed by atoms with E-state index >= 15 is 0 Å². The average molecular weight is 466 g/mol. The third kappa shape index (κ3) is 32.0. The maximum atomic E-state index is 3.67. The summed E-state index contributed by atoms with van der Waals surface area (Å²) < 4.78 is 0. The minimum absolute atomic E-state index is 1.25. The standard InChI is InChI=1S/C32H67N/c1-3-5-7-9-11-13-15-17-19-21-23-25-27-29-31-33-32-30-28-26-24-22-20-18-16-14-12-10-8-6-4-2/h33H,3-32H2,1-2H3. The number of nitrogens with one attached hydrogen (secondary N) is 1. The fourth-order valence-electron chi connectivity index (χ4n) is 5.01. The second-order valence-corrected chi connectivity index (χ2v) is 10.9. The molecule has 0 aromatic carbocycles. The summed E-state index contributed by atoms with van der Waals surface area (Å²) in [6.07, 6.45) is 40.7. The van der Waals surface area contributed by atoms with Crippen molar-refractivity contribution < 1.29 is 0 Å². The van der Waals surface area contributed by atoms with Crippen molar-refractivity contribution in [3.05, 3.63) is 0 Å². The number of rotatable bonds is 30. The Balaban J connectivity index is 2.99. The van der Waals surface area contributed by atoms with Crippen molar-refractivity contribution >= 4 is 0 Å². The average Bonchev–Trinajstić information content (AvgIpc) is 2.83. The number of hydrogen-bond acceptors (Lipinski definition) is 1. The molecular formula is C32H67N. The van der Waals surface area contributed by atoms with Crippen LogP contribution < -0.4 is 5.32 Å². The lowest BCUT2D eigenvalue weighted by Gasteiger charge is -2.06. The highest BCUT2D eigenvalue weighted by atomic mass is 14.8. The zero-order valence-corrected chi connectivity index (χ0v) is 23.7. The van der Waals surface area contributed by atoms with Crippen LogP contribution in [0, 0.1) is 0 Å². The molecule has 0 atom stereocenters. The molecule has 0 amide bonds. The maximum absolute atomic E-state index is 3.67. The molecule has 200 valence electrons. The molecule has 0 fully saturated rings. The van der Waals surface area contributed by atoms with Crippen molar-refractivity contribution in [3.8, 4) is 0 Å². The van der Waals surface area contributed by atoms with Crippen LogP contribution in [0.3, 0.4) is 0 Å². The first-order valence-corrected chi connectivity index (χ1v) is 16.1. The first kappa shape index (κ1) is 33.0. The molecule has 0 saturated heterocycles. The van der Waals surface area contributed by atoms with Gasteiger partial charge in [-0.2, -0.15) is 0 Å². The Morgan fingerprint density at radius 3 is 0.636 bits per heavy atom. The normalized spacial score (nSPS) is 11.5. The van der Waals surface area contributed by atoms with Crippen LogP contribution in [-0.4, -0.2) is 13.1 Å². The van der Waals surface area contributed by atoms with Crippen molar-refractivity contribution in [1.29, 1.82) is 0 Å². The van der Waals surface area contributed by atoms with Gasteiger partial charge in [-0.3, -0.25) is 0 Å². The lowest BCUT2D eigenvalue weighted by Crippen LogP contribution is -2.16. The predicted octanol–water partition coefficient (Wildman–Crippen LogP) is 11.5. The summed E-state index contributed by atoms with van der Waals surface area (Å²) in [5.74, 6) is 0. The van der Waals surface area contributed by atoms with E-state index in [2.05, 4.69) is 19.2 Å². The topological polar surface area (TPSA) is 12.0 Å². The second kappa shape index (κ2) is 32.0. The summed E-state index contributed by atoms with van der Waals surface area (Å²) in [7, 11) is 0. The summed E-state index contributed by atoms with van der Waals surface area (Å²) in [5.41, 5.74) is 0. The molecule has 1 nitrogen and oxygen atoms in total. The number of unbranched alkanes of at least 4 members (excludes halogenated alkanes) is 26. The lowest BCUT2D eigenvalue weighted by molar-refractivity contribution is 0.518. The Morgan fingerprint density at radius 1 is 0.242 bits per heavy atom. The molecule has 0 aliphatic rings. The molecule has 0 bridgehead atoms. The molecule has 0 saturated carbocycles. The van der Waals surface area contributed by atoms with E-state index in [4.69, 9.17) is 0 Å². The smallest absolute Gasteiger partial charge is 0.00489 e. The minimum atomic E-state index is 1.25. The summed E-state index contributed by atoms with van der Waals surface area (Å²) in [5, 5.41) is 3.67. The van der Waals surface area contributed by atoms with E-state index in [1.165, 1.54) is 193 Å². The molecule has 0 radical (unpaired) electrons. The van der Waals surface area contributed by atoms with Crippen LogP contribution in [-0.2, 0) is 0 Å². The van der Waals surface area contributed by atoms with E-state index in [0.29, 0.717) is 0 Å². The van der Waals surface area contributed by atoms with E-state index in [9.17, 15) is 0 Å². The van der Waals surface area contributed by atoms with Gasteiger partial charge in [-0.05, 0) is 25.9 Å². The molecule has 1 N–H and O–H groups in total. The fraction of sp³-hybridized carbons (Fsp3) is 1.00. The Morgan fingerprint density at radius 2 is 0.424 bits per heavy atom. The molecular weight excluding hydrogens is 398 g/mol. The highest BCUT2D eigenvalue weighted by Gasteiger charge is 1.96. The number of hydrogen-bond donors (Lipinski definition) is 1. The minimum Gasteiger partial charge on any atom is -0.317 e. The van der Waals surface area contributed by atoms with Gasteiger partial charge in [0.05, 0.1) is 0 Å². The van der Waals surface area contributed by atoms with Gasteiger partial charge in [0.2, 0.25) is 0 Å². The summed E-state index contributed by atoms with van der Waals surface area (Å²) in [6.45, 7) is 7.10. The van der Waals surface area contributed by atoms with Gasteiger partial charge in [0.25, 0.3) is 0 Å². The zero-order valence-electron chi connectivity index (χ0n) is 23.7. The molecule has 0 rings (SSSR count). The maximum Gasteiger partial charge on any atom is -0.00489 e. The Bertz CT molecular complexity index is 284. The lowest BCUT2D eigenvalue weighted by atomic mass is 10.0. The summed E-state index contributed by atoms with van der Waals surface area (Å²) in [6, 6.07) is 0. The third-order valence-corrected chi connectivity index (χ3v) is 7.41. The SMILES string of the molecule is CCCCCCCCCCCCCCCCNCCCCCCCCCCCCCCCC. The molecule has 0 spiro atoms. The van der Waals surface area contributed by atoms with E-state index in [0.717, 1.165) is 0 Å². The molecule has 1 heteroatoms. The quantitative estimate of drug-likeness (QED) is 0.104. The van der Waals surface area contributed by atoms with Crippen molar-refractivity contribution in [1.82, 2.24) is 5.32 Å². The molecule has 0 aliphatic heterocycles. The van der Waals surface area contributed by atoms with Crippen LogP contribution in [0.2, 0.25) is 0 Å². The summed E-state index contributed by atoms with van der Waals surface area (Å²) >= 11 is 0. The molecule has 0 heterocycles. The van der Waals surface area contributed by atoms with Gasteiger partial charge in [0.1, 0.15) is 0 Å². The van der Waals surface area contributed by atoms with Gasteiger partial charge in [0.15, 0.2) is 0 Å². The van der Waals surface area contributed by atoms with Gasteiger partial charge in [-0.25, -0.2) is 0 Å². The Kier molecular flexibility index (Phi) is 31.9. The van der Waals surface area contributed by atoms with Gasteiger partial charge < -0.3 is 5.32 Å². The highest BCUT2D eigenvalue weighted by molar-refractivity contribution is 4.53. The fourth-order valence-corrected chi connectivity index (χ4v) is 5.01. The molecule has 0 aromatic heterocycles. The van der Waals surface area contributed by atoms with Crippen LogP contribution >= 0.6 is 0 Å². The van der Waals surface area contributed by atoms with Gasteiger partial charge in [-0.1, -0.05) is 181 Å². The van der Waals surface area contributed by atoms with E-state index < -0.39 is 0 Å².